The predicted molar refractivity (Wildman–Crippen MR) is 98.9 cm³/mol. The van der Waals surface area contributed by atoms with Crippen LogP contribution < -0.4 is 4.90 Å². The monoisotopic (exact) mass is 327 g/mol. The van der Waals surface area contributed by atoms with Crippen molar-refractivity contribution in [2.24, 2.45) is 17.3 Å². The lowest BCUT2D eigenvalue weighted by Crippen LogP contribution is -2.38. The van der Waals surface area contributed by atoms with Crippen molar-refractivity contribution in [1.82, 2.24) is 0 Å². The lowest BCUT2D eigenvalue weighted by Gasteiger charge is -2.34. The van der Waals surface area contributed by atoms with E-state index in [9.17, 15) is 9.59 Å². The molecule has 0 aromatic heterocycles. The minimum absolute atomic E-state index is 0.152. The standard InChI is InChI=1S/C21H29NO2/c1-13(2)21(7,8)17-14(3)18(23)22(19(17)24)16-12-10-9-11-15(16)20(4,5)6/h9-13,17H,3H2,1-2,4-8H3/t17-/m0/s1. The summed E-state index contributed by atoms with van der Waals surface area (Å²) in [6.07, 6.45) is 0. The number of nitrogens with zero attached hydrogens (tertiary/aromatic N) is 1. The highest BCUT2D eigenvalue weighted by Gasteiger charge is 2.51. The van der Waals surface area contributed by atoms with Crippen molar-refractivity contribution >= 4 is 17.5 Å². The largest absolute Gasteiger partial charge is 0.273 e. The smallest absolute Gasteiger partial charge is 0.261 e. The van der Waals surface area contributed by atoms with E-state index in [1.54, 1.807) is 0 Å². The number of carbonyl (C=O) groups is 2. The molecule has 0 bridgehead atoms. The van der Waals surface area contributed by atoms with E-state index in [0.29, 0.717) is 11.3 Å². The molecule has 0 spiro atoms. The van der Waals surface area contributed by atoms with Crippen molar-refractivity contribution < 1.29 is 9.59 Å². The van der Waals surface area contributed by atoms with E-state index in [1.807, 2.05) is 38.1 Å². The van der Waals surface area contributed by atoms with Crippen LogP contribution in [-0.4, -0.2) is 11.8 Å². The molecule has 1 fully saturated rings. The Labute approximate surface area is 145 Å². The highest BCUT2D eigenvalue weighted by molar-refractivity contribution is 6.29. The molecule has 1 saturated heterocycles. The minimum atomic E-state index is -0.474. The van der Waals surface area contributed by atoms with E-state index >= 15 is 0 Å². The molecule has 1 aliphatic heterocycles. The maximum absolute atomic E-state index is 13.2. The predicted octanol–water partition coefficient (Wildman–Crippen LogP) is 4.71. The fourth-order valence-corrected chi connectivity index (χ4v) is 3.28. The molecule has 1 aromatic carbocycles. The Morgan fingerprint density at radius 2 is 1.58 bits per heavy atom. The summed E-state index contributed by atoms with van der Waals surface area (Å²) in [5.41, 5.74) is 1.59. The van der Waals surface area contributed by atoms with Crippen LogP contribution in [0, 0.1) is 17.3 Å². The van der Waals surface area contributed by atoms with Crippen molar-refractivity contribution in [3.8, 4) is 0 Å². The molecule has 3 nitrogen and oxygen atoms in total. The topological polar surface area (TPSA) is 37.4 Å². The van der Waals surface area contributed by atoms with E-state index in [0.717, 1.165) is 5.56 Å². The molecule has 0 aliphatic carbocycles. The maximum Gasteiger partial charge on any atom is 0.261 e. The number of rotatable bonds is 3. The first-order valence-corrected chi connectivity index (χ1v) is 8.57. The molecule has 2 amide bonds. The first kappa shape index (κ1) is 18.4. The summed E-state index contributed by atoms with van der Waals surface area (Å²) in [6.45, 7) is 18.5. The Kier molecular flexibility index (Phi) is 4.51. The van der Waals surface area contributed by atoms with Crippen molar-refractivity contribution in [3.63, 3.8) is 0 Å². The van der Waals surface area contributed by atoms with Crippen LogP contribution in [0.1, 0.15) is 54.0 Å². The Morgan fingerprint density at radius 3 is 2.08 bits per heavy atom. The summed E-state index contributed by atoms with van der Waals surface area (Å²) < 4.78 is 0. The molecule has 0 unspecified atom stereocenters. The normalized spacial score (nSPS) is 19.6. The molecular weight excluding hydrogens is 298 g/mol. The number of amides is 2. The van der Waals surface area contributed by atoms with Gasteiger partial charge in [0.25, 0.3) is 5.91 Å². The molecule has 0 saturated carbocycles. The third kappa shape index (κ3) is 2.81. The van der Waals surface area contributed by atoms with Gasteiger partial charge in [-0.05, 0) is 28.4 Å². The van der Waals surface area contributed by atoms with Gasteiger partial charge in [0, 0.05) is 5.57 Å². The quantitative estimate of drug-likeness (QED) is 0.595. The Balaban J connectivity index is 2.58. The van der Waals surface area contributed by atoms with Crippen LogP contribution in [0.25, 0.3) is 0 Å². The van der Waals surface area contributed by atoms with Crippen LogP contribution in [0.5, 0.6) is 0 Å². The SMILES string of the molecule is C=C1C(=O)N(c2ccccc2C(C)(C)C)C(=O)[C@H]1C(C)(C)C(C)C. The van der Waals surface area contributed by atoms with Crippen LogP contribution in [0.15, 0.2) is 36.4 Å². The Morgan fingerprint density at radius 1 is 1.04 bits per heavy atom. The van der Waals surface area contributed by atoms with E-state index in [4.69, 9.17) is 0 Å². The molecular formula is C21H29NO2. The van der Waals surface area contributed by atoms with Gasteiger partial charge in [-0.15, -0.1) is 0 Å². The van der Waals surface area contributed by atoms with Crippen LogP contribution >= 0.6 is 0 Å². The van der Waals surface area contributed by atoms with Gasteiger partial charge in [0.15, 0.2) is 0 Å². The first-order chi connectivity index (χ1) is 10.9. The third-order valence-electron chi connectivity index (χ3n) is 5.48. The molecule has 1 heterocycles. The zero-order valence-corrected chi connectivity index (χ0v) is 15.9. The number of anilines is 1. The molecule has 3 heteroatoms. The van der Waals surface area contributed by atoms with Gasteiger partial charge in [-0.25, -0.2) is 4.90 Å². The van der Waals surface area contributed by atoms with Crippen LogP contribution in [0.2, 0.25) is 0 Å². The van der Waals surface area contributed by atoms with Crippen molar-refractivity contribution in [2.45, 2.75) is 53.9 Å². The van der Waals surface area contributed by atoms with Gasteiger partial charge >= 0.3 is 0 Å². The lowest BCUT2D eigenvalue weighted by atomic mass is 9.68. The van der Waals surface area contributed by atoms with Gasteiger partial charge in [0.2, 0.25) is 5.91 Å². The highest BCUT2D eigenvalue weighted by atomic mass is 16.2. The zero-order valence-electron chi connectivity index (χ0n) is 15.9. The molecule has 24 heavy (non-hydrogen) atoms. The number of para-hydroxylation sites is 1. The van der Waals surface area contributed by atoms with E-state index < -0.39 is 5.92 Å². The average Bonchev–Trinajstić information content (AvgIpc) is 2.68. The lowest BCUT2D eigenvalue weighted by molar-refractivity contribution is -0.124. The summed E-state index contributed by atoms with van der Waals surface area (Å²) in [7, 11) is 0. The van der Waals surface area contributed by atoms with Crippen molar-refractivity contribution in [3.05, 3.63) is 42.0 Å². The third-order valence-corrected chi connectivity index (χ3v) is 5.48. The first-order valence-electron chi connectivity index (χ1n) is 8.57. The molecule has 0 N–H and O–H groups in total. The number of carbonyl (C=O) groups excluding carboxylic acids is 2. The molecule has 1 atom stereocenters. The minimum Gasteiger partial charge on any atom is -0.273 e. The summed E-state index contributed by atoms with van der Waals surface area (Å²) in [5.74, 6) is -0.636. The van der Waals surface area contributed by atoms with E-state index in [1.165, 1.54) is 4.90 Å². The summed E-state index contributed by atoms with van der Waals surface area (Å²) in [6, 6.07) is 7.66. The van der Waals surface area contributed by atoms with Crippen molar-refractivity contribution in [2.75, 3.05) is 4.90 Å². The summed E-state index contributed by atoms with van der Waals surface area (Å²) in [5, 5.41) is 0. The summed E-state index contributed by atoms with van der Waals surface area (Å²) >= 11 is 0. The zero-order chi connectivity index (χ0) is 18.4. The van der Waals surface area contributed by atoms with Crippen LogP contribution in [0.3, 0.4) is 0 Å². The second-order valence-corrected chi connectivity index (χ2v) is 8.68. The molecule has 1 aromatic rings. The van der Waals surface area contributed by atoms with Gasteiger partial charge in [-0.3, -0.25) is 9.59 Å². The number of hydrogen-bond acceptors (Lipinski definition) is 2. The fraction of sp³-hybridized carbons (Fsp3) is 0.524. The second kappa shape index (κ2) is 5.87. The average molecular weight is 327 g/mol. The Bertz CT molecular complexity index is 692. The number of imide groups is 1. The molecule has 130 valence electrons. The van der Waals surface area contributed by atoms with Crippen LogP contribution in [0.4, 0.5) is 5.69 Å². The second-order valence-electron chi connectivity index (χ2n) is 8.68. The van der Waals surface area contributed by atoms with E-state index in [2.05, 4.69) is 41.2 Å². The van der Waals surface area contributed by atoms with Gasteiger partial charge in [0.05, 0.1) is 11.6 Å². The number of hydrogen-bond donors (Lipinski definition) is 0. The molecule has 2 rings (SSSR count). The van der Waals surface area contributed by atoms with Crippen LogP contribution in [-0.2, 0) is 15.0 Å². The maximum atomic E-state index is 13.2. The van der Waals surface area contributed by atoms with Crippen molar-refractivity contribution in [1.29, 1.82) is 0 Å². The van der Waals surface area contributed by atoms with Gasteiger partial charge in [-0.2, -0.15) is 0 Å². The van der Waals surface area contributed by atoms with Gasteiger partial charge in [-0.1, -0.05) is 73.2 Å². The molecule has 1 aliphatic rings. The highest BCUT2D eigenvalue weighted by Crippen LogP contribution is 2.46. The fourth-order valence-electron chi connectivity index (χ4n) is 3.28. The van der Waals surface area contributed by atoms with Gasteiger partial charge < -0.3 is 0 Å². The number of benzene rings is 1. The summed E-state index contributed by atoms with van der Waals surface area (Å²) in [4.78, 5) is 27.4. The molecule has 0 radical (unpaired) electrons. The Hall–Kier alpha value is -1.90. The van der Waals surface area contributed by atoms with E-state index in [-0.39, 0.29) is 28.6 Å². The van der Waals surface area contributed by atoms with Gasteiger partial charge in [0.1, 0.15) is 0 Å².